The summed E-state index contributed by atoms with van der Waals surface area (Å²) in [6.07, 6.45) is 0. The van der Waals surface area contributed by atoms with E-state index in [1.165, 1.54) is 26.4 Å². The van der Waals surface area contributed by atoms with Gasteiger partial charge in [0.15, 0.2) is 11.5 Å². The maximum absolute atomic E-state index is 13.0. The first-order chi connectivity index (χ1) is 14.0. The Hall–Kier alpha value is -4.12. The predicted octanol–water partition coefficient (Wildman–Crippen LogP) is 2.47. The van der Waals surface area contributed by atoms with E-state index in [9.17, 15) is 15.2 Å². The Kier molecular flexibility index (Phi) is 4.28. The number of nitrogens with two attached hydrogens (primary N) is 1. The van der Waals surface area contributed by atoms with Crippen LogP contribution in [0.3, 0.4) is 0 Å². The molecule has 4 rings (SSSR count). The summed E-state index contributed by atoms with van der Waals surface area (Å²) in [4.78, 5) is 15.8. The summed E-state index contributed by atoms with van der Waals surface area (Å²) in [5, 5.41) is 20.6. The van der Waals surface area contributed by atoms with Crippen molar-refractivity contribution in [2.75, 3.05) is 14.2 Å². The van der Waals surface area contributed by atoms with Gasteiger partial charge in [0.25, 0.3) is 5.56 Å². The maximum atomic E-state index is 13.0. The van der Waals surface area contributed by atoms with Gasteiger partial charge >= 0.3 is 0 Å². The molecule has 1 aliphatic heterocycles. The van der Waals surface area contributed by atoms with Crippen molar-refractivity contribution in [3.05, 3.63) is 69.3 Å². The van der Waals surface area contributed by atoms with Crippen LogP contribution in [0.15, 0.2) is 52.6 Å². The summed E-state index contributed by atoms with van der Waals surface area (Å²) in [5.74, 6) is -0.543. The normalized spacial score (nSPS) is 15.4. The van der Waals surface area contributed by atoms with E-state index in [0.29, 0.717) is 16.5 Å². The molecule has 0 spiro atoms. The lowest BCUT2D eigenvalue weighted by Crippen LogP contribution is -2.27. The van der Waals surface area contributed by atoms with Crippen molar-refractivity contribution in [1.82, 2.24) is 4.98 Å². The highest BCUT2D eigenvalue weighted by molar-refractivity contribution is 5.87. The number of phenols is 1. The lowest BCUT2D eigenvalue weighted by atomic mass is 9.83. The molecule has 29 heavy (non-hydrogen) atoms. The van der Waals surface area contributed by atoms with E-state index in [2.05, 4.69) is 4.98 Å². The van der Waals surface area contributed by atoms with Crippen molar-refractivity contribution in [1.29, 1.82) is 5.26 Å². The van der Waals surface area contributed by atoms with Gasteiger partial charge in [-0.05, 0) is 29.8 Å². The SMILES string of the molecule is COc1cc([C@H]2C(C#N)=C(N)Oc3c2c(=O)[nH]c2ccccc32)cc(OC)c1O. The first-order valence-electron chi connectivity index (χ1n) is 8.67. The van der Waals surface area contributed by atoms with Crippen LogP contribution in [0.25, 0.3) is 10.9 Å². The van der Waals surface area contributed by atoms with Crippen LogP contribution in [-0.2, 0) is 0 Å². The predicted molar refractivity (Wildman–Crippen MR) is 105 cm³/mol. The van der Waals surface area contributed by atoms with Crippen LogP contribution in [0, 0.1) is 11.3 Å². The number of ether oxygens (including phenoxy) is 3. The third-order valence-corrected chi connectivity index (χ3v) is 4.92. The van der Waals surface area contributed by atoms with Crippen molar-refractivity contribution in [3.63, 3.8) is 0 Å². The van der Waals surface area contributed by atoms with E-state index < -0.39 is 11.5 Å². The molecule has 3 aromatic rings. The van der Waals surface area contributed by atoms with Gasteiger partial charge in [-0.2, -0.15) is 5.26 Å². The lowest BCUT2D eigenvalue weighted by molar-refractivity contribution is 0.338. The van der Waals surface area contributed by atoms with Crippen molar-refractivity contribution in [3.8, 4) is 29.1 Å². The molecule has 8 heteroatoms. The molecule has 0 saturated carbocycles. The molecule has 0 amide bonds. The number of nitrogens with zero attached hydrogens (tertiary/aromatic N) is 1. The van der Waals surface area contributed by atoms with Crippen LogP contribution in [0.1, 0.15) is 17.0 Å². The molecule has 1 aromatic heterocycles. The summed E-state index contributed by atoms with van der Waals surface area (Å²) in [5.41, 5.74) is 7.04. The number of pyridine rings is 1. The standard InChI is InChI=1S/C21H17N3O5/c1-27-14-7-10(8-15(28-2)18(14)25)16-12(9-22)20(23)29-19-11-5-3-4-6-13(11)24-21(26)17(16)19/h3-8,16,25H,23H2,1-2H3,(H,24,26)/t16-/m0/s1. The minimum absolute atomic E-state index is 0.0769. The summed E-state index contributed by atoms with van der Waals surface area (Å²) < 4.78 is 16.2. The first-order valence-corrected chi connectivity index (χ1v) is 8.67. The maximum Gasteiger partial charge on any atom is 0.256 e. The number of aromatic amines is 1. The number of para-hydroxylation sites is 1. The topological polar surface area (TPSA) is 131 Å². The number of nitriles is 1. The smallest absolute Gasteiger partial charge is 0.256 e. The van der Waals surface area contributed by atoms with Gasteiger partial charge in [0, 0.05) is 5.39 Å². The summed E-state index contributed by atoms with van der Waals surface area (Å²) >= 11 is 0. The third kappa shape index (κ3) is 2.72. The second-order valence-electron chi connectivity index (χ2n) is 6.44. The second kappa shape index (κ2) is 6.80. The Morgan fingerprint density at radius 3 is 2.48 bits per heavy atom. The number of aromatic nitrogens is 1. The van der Waals surface area contributed by atoms with E-state index in [1.54, 1.807) is 18.2 Å². The van der Waals surface area contributed by atoms with E-state index >= 15 is 0 Å². The summed E-state index contributed by atoms with van der Waals surface area (Å²) in [7, 11) is 2.79. The summed E-state index contributed by atoms with van der Waals surface area (Å²) in [6.45, 7) is 0. The van der Waals surface area contributed by atoms with Crippen molar-refractivity contribution < 1.29 is 19.3 Å². The van der Waals surface area contributed by atoms with Gasteiger partial charge in [-0.1, -0.05) is 12.1 Å². The van der Waals surface area contributed by atoms with Gasteiger partial charge in [-0.25, -0.2) is 0 Å². The fourth-order valence-corrected chi connectivity index (χ4v) is 3.59. The number of allylic oxidation sites excluding steroid dienone is 1. The monoisotopic (exact) mass is 391 g/mol. The van der Waals surface area contributed by atoms with E-state index in [4.69, 9.17) is 19.9 Å². The van der Waals surface area contributed by atoms with Crippen molar-refractivity contribution in [2.24, 2.45) is 5.73 Å². The number of hydrogen-bond acceptors (Lipinski definition) is 7. The summed E-state index contributed by atoms with van der Waals surface area (Å²) in [6, 6.07) is 12.3. The molecular weight excluding hydrogens is 374 g/mol. The second-order valence-corrected chi connectivity index (χ2v) is 6.44. The van der Waals surface area contributed by atoms with E-state index in [-0.39, 0.29) is 40.0 Å². The molecule has 2 aromatic carbocycles. The average molecular weight is 391 g/mol. The highest BCUT2D eigenvalue weighted by atomic mass is 16.5. The van der Waals surface area contributed by atoms with Crippen LogP contribution in [0.5, 0.6) is 23.0 Å². The number of H-pyrrole nitrogens is 1. The minimum Gasteiger partial charge on any atom is -0.502 e. The third-order valence-electron chi connectivity index (χ3n) is 4.92. The zero-order chi connectivity index (χ0) is 20.7. The Morgan fingerprint density at radius 1 is 1.21 bits per heavy atom. The molecule has 2 heterocycles. The number of aromatic hydroxyl groups is 1. The van der Waals surface area contributed by atoms with Gasteiger partial charge in [-0.15, -0.1) is 0 Å². The Labute approximate surface area is 165 Å². The molecule has 0 bridgehead atoms. The van der Waals surface area contributed by atoms with Crippen LogP contribution in [0.2, 0.25) is 0 Å². The minimum atomic E-state index is -0.833. The largest absolute Gasteiger partial charge is 0.502 e. The molecular formula is C21H17N3O5. The quantitative estimate of drug-likeness (QED) is 0.625. The zero-order valence-corrected chi connectivity index (χ0v) is 15.6. The van der Waals surface area contributed by atoms with Crippen LogP contribution in [0.4, 0.5) is 0 Å². The number of phenolic OH excluding ortho intramolecular Hbond substituents is 1. The molecule has 0 aliphatic carbocycles. The molecule has 4 N–H and O–H groups in total. The lowest BCUT2D eigenvalue weighted by Gasteiger charge is -2.27. The molecule has 8 nitrogen and oxygen atoms in total. The van der Waals surface area contributed by atoms with Gasteiger partial charge in [0.05, 0.1) is 31.2 Å². The number of fused-ring (bicyclic) bond motifs is 3. The zero-order valence-electron chi connectivity index (χ0n) is 15.6. The van der Waals surface area contributed by atoms with Gasteiger partial charge in [0.1, 0.15) is 17.4 Å². The Bertz CT molecular complexity index is 1240. The number of rotatable bonds is 3. The van der Waals surface area contributed by atoms with Gasteiger partial charge in [-0.3, -0.25) is 4.79 Å². The van der Waals surface area contributed by atoms with Crippen LogP contribution >= 0.6 is 0 Å². The molecule has 0 saturated heterocycles. The number of hydrogen-bond donors (Lipinski definition) is 3. The number of methoxy groups -OCH3 is 2. The highest BCUT2D eigenvalue weighted by Crippen LogP contribution is 2.46. The van der Waals surface area contributed by atoms with E-state index in [1.807, 2.05) is 12.1 Å². The van der Waals surface area contributed by atoms with Gasteiger partial charge in [0.2, 0.25) is 11.6 Å². The average Bonchev–Trinajstić information content (AvgIpc) is 2.73. The van der Waals surface area contributed by atoms with Gasteiger partial charge < -0.3 is 30.0 Å². The van der Waals surface area contributed by atoms with Crippen LogP contribution in [-0.4, -0.2) is 24.3 Å². The fourth-order valence-electron chi connectivity index (χ4n) is 3.59. The van der Waals surface area contributed by atoms with Crippen molar-refractivity contribution in [2.45, 2.75) is 5.92 Å². The Morgan fingerprint density at radius 2 is 1.86 bits per heavy atom. The van der Waals surface area contributed by atoms with Crippen LogP contribution < -0.4 is 25.5 Å². The molecule has 0 fully saturated rings. The number of nitrogens with one attached hydrogen (secondary N) is 1. The Balaban J connectivity index is 2.08. The first kappa shape index (κ1) is 18.3. The molecule has 146 valence electrons. The highest BCUT2D eigenvalue weighted by Gasteiger charge is 2.35. The molecule has 0 unspecified atom stereocenters. The van der Waals surface area contributed by atoms with E-state index in [0.717, 1.165) is 0 Å². The van der Waals surface area contributed by atoms with Crippen molar-refractivity contribution >= 4 is 10.9 Å². The molecule has 1 aliphatic rings. The fraction of sp³-hybridized carbons (Fsp3) is 0.143. The number of benzene rings is 2. The molecule has 0 radical (unpaired) electrons. The molecule has 1 atom stereocenters.